The molecular weight excluding hydrogens is 236 g/mol. The van der Waals surface area contributed by atoms with E-state index in [1.807, 2.05) is 30.3 Å². The van der Waals surface area contributed by atoms with Crippen LogP contribution >= 0.6 is 11.3 Å². The number of rotatable bonds is 3. The first-order valence-corrected chi connectivity index (χ1v) is 5.74. The van der Waals surface area contributed by atoms with Crippen LogP contribution in [0.15, 0.2) is 35.7 Å². The standard InChI is InChI=1S/C12H8N2O2S/c13-6-7-16-12(15)10-8-17-11(14-10)9-4-2-1-3-5-9/h1-5,8H,7H2. The molecule has 0 unspecified atom stereocenters. The van der Waals surface area contributed by atoms with Crippen molar-refractivity contribution in [1.29, 1.82) is 5.26 Å². The van der Waals surface area contributed by atoms with E-state index < -0.39 is 5.97 Å². The molecule has 0 bridgehead atoms. The fourth-order valence-corrected chi connectivity index (χ4v) is 2.05. The molecule has 2 rings (SSSR count). The molecule has 0 atom stereocenters. The van der Waals surface area contributed by atoms with Crippen LogP contribution in [-0.4, -0.2) is 17.6 Å². The van der Waals surface area contributed by atoms with Gasteiger partial charge in [0, 0.05) is 10.9 Å². The van der Waals surface area contributed by atoms with Crippen molar-refractivity contribution in [2.24, 2.45) is 0 Å². The number of aromatic nitrogens is 1. The number of nitriles is 1. The highest BCUT2D eigenvalue weighted by Gasteiger charge is 2.12. The Labute approximate surface area is 102 Å². The van der Waals surface area contributed by atoms with Crippen molar-refractivity contribution in [3.05, 3.63) is 41.4 Å². The summed E-state index contributed by atoms with van der Waals surface area (Å²) >= 11 is 1.37. The number of hydrogen-bond donors (Lipinski definition) is 0. The normalized spacial score (nSPS) is 9.59. The fourth-order valence-electron chi connectivity index (χ4n) is 1.25. The maximum absolute atomic E-state index is 11.4. The zero-order valence-electron chi connectivity index (χ0n) is 8.79. The minimum absolute atomic E-state index is 0.240. The molecular formula is C12H8N2O2S. The Morgan fingerprint density at radius 2 is 2.18 bits per heavy atom. The van der Waals surface area contributed by atoms with E-state index in [0.717, 1.165) is 10.6 Å². The quantitative estimate of drug-likeness (QED) is 0.778. The molecule has 0 radical (unpaired) electrons. The summed E-state index contributed by atoms with van der Waals surface area (Å²) in [6.07, 6.45) is 0. The van der Waals surface area contributed by atoms with Gasteiger partial charge in [-0.1, -0.05) is 30.3 Å². The Kier molecular flexibility index (Phi) is 3.48. The lowest BCUT2D eigenvalue weighted by Gasteiger charge is -1.95. The molecule has 1 heterocycles. The van der Waals surface area contributed by atoms with E-state index in [1.54, 1.807) is 11.4 Å². The predicted octanol–water partition coefficient (Wildman–Crippen LogP) is 2.49. The lowest BCUT2D eigenvalue weighted by atomic mass is 10.2. The van der Waals surface area contributed by atoms with Gasteiger partial charge in [-0.15, -0.1) is 11.3 Å². The molecule has 0 aliphatic heterocycles. The number of hydrogen-bond acceptors (Lipinski definition) is 5. The summed E-state index contributed by atoms with van der Waals surface area (Å²) in [6, 6.07) is 11.3. The number of ether oxygens (including phenoxy) is 1. The molecule has 0 aliphatic carbocycles. The zero-order valence-corrected chi connectivity index (χ0v) is 9.61. The lowest BCUT2D eigenvalue weighted by molar-refractivity contribution is 0.0549. The van der Waals surface area contributed by atoms with Crippen LogP contribution in [0.2, 0.25) is 0 Å². The molecule has 0 N–H and O–H groups in total. The van der Waals surface area contributed by atoms with Crippen LogP contribution < -0.4 is 0 Å². The SMILES string of the molecule is N#CCOC(=O)c1csc(-c2ccccc2)n1. The van der Waals surface area contributed by atoms with Gasteiger partial charge in [-0.25, -0.2) is 9.78 Å². The lowest BCUT2D eigenvalue weighted by Crippen LogP contribution is -2.05. The second-order valence-electron chi connectivity index (χ2n) is 3.14. The van der Waals surface area contributed by atoms with Crippen LogP contribution in [0.4, 0.5) is 0 Å². The first-order chi connectivity index (χ1) is 8.31. The van der Waals surface area contributed by atoms with Crippen molar-refractivity contribution in [2.75, 3.05) is 6.61 Å². The summed E-state index contributed by atoms with van der Waals surface area (Å²) in [7, 11) is 0. The van der Waals surface area contributed by atoms with Gasteiger partial charge in [0.25, 0.3) is 0 Å². The average Bonchev–Trinajstić information content (AvgIpc) is 2.86. The molecule has 1 aromatic carbocycles. The van der Waals surface area contributed by atoms with E-state index >= 15 is 0 Å². The van der Waals surface area contributed by atoms with Crippen LogP contribution in [0.3, 0.4) is 0 Å². The molecule has 0 aliphatic rings. The molecule has 0 spiro atoms. The Hall–Kier alpha value is -2.19. The molecule has 0 saturated heterocycles. The molecule has 0 amide bonds. The average molecular weight is 244 g/mol. The Balaban J connectivity index is 2.17. The second-order valence-corrected chi connectivity index (χ2v) is 4.00. The van der Waals surface area contributed by atoms with Crippen molar-refractivity contribution in [2.45, 2.75) is 0 Å². The van der Waals surface area contributed by atoms with Gasteiger partial charge in [-0.05, 0) is 0 Å². The van der Waals surface area contributed by atoms with Crippen molar-refractivity contribution in [1.82, 2.24) is 4.98 Å². The van der Waals surface area contributed by atoms with Crippen molar-refractivity contribution >= 4 is 17.3 Å². The fraction of sp³-hybridized carbons (Fsp3) is 0.0833. The van der Waals surface area contributed by atoms with Crippen LogP contribution in [0.1, 0.15) is 10.5 Å². The van der Waals surface area contributed by atoms with Gasteiger partial charge in [0.1, 0.15) is 11.1 Å². The Bertz CT molecular complexity index is 557. The zero-order chi connectivity index (χ0) is 12.1. The summed E-state index contributed by atoms with van der Waals surface area (Å²) in [6.45, 7) is -0.253. The number of nitrogens with zero attached hydrogens (tertiary/aromatic N) is 2. The summed E-state index contributed by atoms with van der Waals surface area (Å²) in [5.41, 5.74) is 1.20. The predicted molar refractivity (Wildman–Crippen MR) is 63.4 cm³/mol. The number of benzene rings is 1. The first-order valence-electron chi connectivity index (χ1n) is 4.86. The molecule has 84 valence electrons. The number of carbonyl (C=O) groups is 1. The number of carbonyl (C=O) groups excluding carboxylic acids is 1. The molecule has 2 aromatic rings. The van der Waals surface area contributed by atoms with Crippen molar-refractivity contribution < 1.29 is 9.53 Å². The van der Waals surface area contributed by atoms with E-state index in [-0.39, 0.29) is 12.3 Å². The van der Waals surface area contributed by atoms with Crippen LogP contribution in [-0.2, 0) is 4.74 Å². The van der Waals surface area contributed by atoms with E-state index in [2.05, 4.69) is 9.72 Å². The van der Waals surface area contributed by atoms with Gasteiger partial charge in [-0.2, -0.15) is 5.26 Å². The highest BCUT2D eigenvalue weighted by atomic mass is 32.1. The molecule has 0 fully saturated rings. The first kappa shape index (κ1) is 11.3. The van der Waals surface area contributed by atoms with Gasteiger partial charge in [-0.3, -0.25) is 0 Å². The van der Waals surface area contributed by atoms with Crippen molar-refractivity contribution in [3.8, 4) is 16.6 Å². The van der Waals surface area contributed by atoms with Gasteiger partial charge >= 0.3 is 5.97 Å². The molecule has 0 saturated carbocycles. The van der Waals surface area contributed by atoms with E-state index in [0.29, 0.717) is 0 Å². The summed E-state index contributed by atoms with van der Waals surface area (Å²) in [4.78, 5) is 15.6. The van der Waals surface area contributed by atoms with Gasteiger partial charge < -0.3 is 4.74 Å². The van der Waals surface area contributed by atoms with Gasteiger partial charge in [0.2, 0.25) is 0 Å². The molecule has 4 nitrogen and oxygen atoms in total. The third-order valence-corrected chi connectivity index (χ3v) is 2.89. The van der Waals surface area contributed by atoms with Gasteiger partial charge in [0.05, 0.1) is 0 Å². The van der Waals surface area contributed by atoms with Crippen LogP contribution in [0.5, 0.6) is 0 Å². The van der Waals surface area contributed by atoms with Crippen LogP contribution in [0.25, 0.3) is 10.6 Å². The monoisotopic (exact) mass is 244 g/mol. The molecule has 17 heavy (non-hydrogen) atoms. The minimum atomic E-state index is -0.565. The smallest absolute Gasteiger partial charge is 0.358 e. The van der Waals surface area contributed by atoms with E-state index in [9.17, 15) is 4.79 Å². The highest BCUT2D eigenvalue weighted by molar-refractivity contribution is 7.13. The van der Waals surface area contributed by atoms with Gasteiger partial charge in [0.15, 0.2) is 12.3 Å². The van der Waals surface area contributed by atoms with Crippen LogP contribution in [0, 0.1) is 11.3 Å². The number of esters is 1. The van der Waals surface area contributed by atoms with E-state index in [4.69, 9.17) is 5.26 Å². The summed E-state index contributed by atoms with van der Waals surface area (Å²) < 4.78 is 4.67. The highest BCUT2D eigenvalue weighted by Crippen LogP contribution is 2.23. The maximum atomic E-state index is 11.4. The molecule has 5 heteroatoms. The second kappa shape index (κ2) is 5.23. The summed E-state index contributed by atoms with van der Waals surface area (Å²) in [5, 5.41) is 10.7. The summed E-state index contributed by atoms with van der Waals surface area (Å²) in [5.74, 6) is -0.565. The Morgan fingerprint density at radius 3 is 2.88 bits per heavy atom. The van der Waals surface area contributed by atoms with Crippen molar-refractivity contribution in [3.63, 3.8) is 0 Å². The maximum Gasteiger partial charge on any atom is 0.358 e. The molecule has 1 aromatic heterocycles. The number of thiazole rings is 1. The third kappa shape index (κ3) is 2.68. The third-order valence-electron chi connectivity index (χ3n) is 2.00. The minimum Gasteiger partial charge on any atom is -0.446 e. The largest absolute Gasteiger partial charge is 0.446 e. The Morgan fingerprint density at radius 1 is 1.41 bits per heavy atom. The topological polar surface area (TPSA) is 63.0 Å². The van der Waals surface area contributed by atoms with E-state index in [1.165, 1.54) is 11.3 Å².